The molecule has 0 bridgehead atoms. The Balaban J connectivity index is 1.67. The highest BCUT2D eigenvalue weighted by molar-refractivity contribution is 5.68. The first kappa shape index (κ1) is 22.1. The molecular formula is C23H21F2N7O. The lowest BCUT2D eigenvalue weighted by Gasteiger charge is -2.16. The van der Waals surface area contributed by atoms with Crippen LogP contribution in [0.2, 0.25) is 0 Å². The molecule has 33 heavy (non-hydrogen) atoms. The summed E-state index contributed by atoms with van der Waals surface area (Å²) in [5.74, 6) is 0.283. The summed E-state index contributed by atoms with van der Waals surface area (Å²) in [5, 5.41) is 24.9. The van der Waals surface area contributed by atoms with Crippen molar-refractivity contribution >= 4 is 17.3 Å². The van der Waals surface area contributed by atoms with Gasteiger partial charge in [0, 0.05) is 18.4 Å². The number of halogens is 2. The first-order valence-electron chi connectivity index (χ1n) is 10.2. The number of nitriles is 1. The number of pyridine rings is 1. The molecule has 4 rings (SSSR count). The molecule has 0 amide bonds. The Morgan fingerprint density at radius 3 is 2.79 bits per heavy atom. The number of anilines is 2. The minimum Gasteiger partial charge on any atom is -0.395 e. The van der Waals surface area contributed by atoms with Crippen LogP contribution in [-0.2, 0) is 0 Å². The number of nitrogens with zero attached hydrogens (tertiary/aromatic N) is 5. The molecule has 3 heterocycles. The average molecular weight is 449 g/mol. The van der Waals surface area contributed by atoms with Crippen molar-refractivity contribution < 1.29 is 13.9 Å². The highest BCUT2D eigenvalue weighted by atomic mass is 19.3. The molecule has 10 heteroatoms. The number of nitrogens with one attached hydrogen (secondary N) is 2. The molecule has 1 atom stereocenters. The fraction of sp³-hybridized carbons (Fsp3) is 0.217. The Hall–Kier alpha value is -4.10. The van der Waals surface area contributed by atoms with Gasteiger partial charge in [-0.25, -0.2) is 23.7 Å². The Kier molecular flexibility index (Phi) is 6.42. The third-order valence-electron chi connectivity index (χ3n) is 5.13. The van der Waals surface area contributed by atoms with E-state index in [1.807, 2.05) is 31.2 Å². The van der Waals surface area contributed by atoms with E-state index in [-0.39, 0.29) is 35.4 Å². The number of hydrogen-bond acceptors (Lipinski definition) is 7. The molecule has 8 nitrogen and oxygen atoms in total. The van der Waals surface area contributed by atoms with Crippen molar-refractivity contribution in [1.29, 1.82) is 5.26 Å². The van der Waals surface area contributed by atoms with Gasteiger partial charge >= 0.3 is 0 Å². The summed E-state index contributed by atoms with van der Waals surface area (Å²) < 4.78 is 28.2. The smallest absolute Gasteiger partial charge is 0.267 e. The van der Waals surface area contributed by atoms with Crippen LogP contribution in [-0.4, -0.2) is 37.6 Å². The summed E-state index contributed by atoms with van der Waals surface area (Å²) in [7, 11) is 0. The Bertz CT molecular complexity index is 1320. The van der Waals surface area contributed by atoms with Crippen LogP contribution in [0.15, 0.2) is 55.0 Å². The van der Waals surface area contributed by atoms with E-state index >= 15 is 0 Å². The van der Waals surface area contributed by atoms with Crippen molar-refractivity contribution in [3.8, 4) is 17.5 Å². The second-order valence-electron chi connectivity index (χ2n) is 7.31. The molecule has 0 aliphatic heterocycles. The first-order valence-corrected chi connectivity index (χ1v) is 10.2. The van der Waals surface area contributed by atoms with Crippen molar-refractivity contribution in [3.05, 3.63) is 71.7 Å². The van der Waals surface area contributed by atoms with Gasteiger partial charge in [0.05, 0.1) is 41.9 Å². The fourth-order valence-corrected chi connectivity index (χ4v) is 3.50. The third kappa shape index (κ3) is 4.58. The number of aromatic nitrogens is 4. The topological polar surface area (TPSA) is 111 Å². The van der Waals surface area contributed by atoms with Gasteiger partial charge in [0.25, 0.3) is 6.43 Å². The molecule has 0 spiro atoms. The quantitative estimate of drug-likeness (QED) is 0.370. The molecule has 0 saturated carbocycles. The van der Waals surface area contributed by atoms with Crippen LogP contribution in [0.25, 0.3) is 17.0 Å². The van der Waals surface area contributed by atoms with Gasteiger partial charge in [0.1, 0.15) is 17.4 Å². The van der Waals surface area contributed by atoms with Crippen LogP contribution < -0.4 is 10.6 Å². The van der Waals surface area contributed by atoms with Crippen LogP contribution in [0.5, 0.6) is 0 Å². The van der Waals surface area contributed by atoms with Gasteiger partial charge in [0.2, 0.25) is 5.95 Å². The molecule has 0 aliphatic rings. The van der Waals surface area contributed by atoms with E-state index in [9.17, 15) is 14.0 Å². The first-order chi connectivity index (χ1) is 16.0. The van der Waals surface area contributed by atoms with Crippen molar-refractivity contribution in [2.75, 3.05) is 23.8 Å². The van der Waals surface area contributed by atoms with E-state index in [0.29, 0.717) is 17.9 Å². The fourth-order valence-electron chi connectivity index (χ4n) is 3.50. The summed E-state index contributed by atoms with van der Waals surface area (Å²) in [6.45, 7) is 2.41. The maximum absolute atomic E-state index is 13.4. The number of hydrogen-bond donors (Lipinski definition) is 3. The van der Waals surface area contributed by atoms with Gasteiger partial charge in [-0.15, -0.1) is 0 Å². The van der Waals surface area contributed by atoms with E-state index in [0.717, 1.165) is 11.3 Å². The van der Waals surface area contributed by atoms with Crippen molar-refractivity contribution in [2.24, 2.45) is 0 Å². The number of benzene rings is 1. The van der Waals surface area contributed by atoms with Gasteiger partial charge in [-0.1, -0.05) is 12.1 Å². The zero-order chi connectivity index (χ0) is 23.4. The van der Waals surface area contributed by atoms with Gasteiger partial charge < -0.3 is 15.7 Å². The number of rotatable bonds is 8. The van der Waals surface area contributed by atoms with E-state index in [4.69, 9.17) is 5.11 Å². The lowest BCUT2D eigenvalue weighted by Crippen LogP contribution is -2.11. The van der Waals surface area contributed by atoms with Gasteiger partial charge in [0.15, 0.2) is 0 Å². The molecule has 0 saturated heterocycles. The summed E-state index contributed by atoms with van der Waals surface area (Å²) in [4.78, 5) is 12.9. The van der Waals surface area contributed by atoms with Gasteiger partial charge in [-0.3, -0.25) is 4.40 Å². The van der Waals surface area contributed by atoms with Gasteiger partial charge in [-0.05, 0) is 36.8 Å². The summed E-state index contributed by atoms with van der Waals surface area (Å²) in [5.41, 5.74) is 2.66. The molecule has 0 aliphatic carbocycles. The Morgan fingerprint density at radius 2 is 2.03 bits per heavy atom. The Morgan fingerprint density at radius 1 is 1.18 bits per heavy atom. The molecule has 1 aromatic carbocycles. The number of aliphatic hydroxyl groups is 1. The largest absolute Gasteiger partial charge is 0.395 e. The third-order valence-corrected chi connectivity index (χ3v) is 5.13. The van der Waals surface area contributed by atoms with Crippen LogP contribution >= 0.6 is 0 Å². The molecular weight excluding hydrogens is 428 g/mol. The monoisotopic (exact) mass is 449 g/mol. The second kappa shape index (κ2) is 9.58. The number of alkyl halides is 2. The number of imidazole rings is 1. The summed E-state index contributed by atoms with van der Waals surface area (Å²) >= 11 is 0. The number of aliphatic hydroxyl groups excluding tert-OH is 1. The molecule has 0 radical (unpaired) electrons. The Labute approximate surface area is 188 Å². The predicted molar refractivity (Wildman–Crippen MR) is 120 cm³/mol. The predicted octanol–water partition coefficient (Wildman–Crippen LogP) is 4.18. The van der Waals surface area contributed by atoms with Crippen molar-refractivity contribution in [3.63, 3.8) is 0 Å². The maximum atomic E-state index is 13.4. The zero-order valence-corrected chi connectivity index (χ0v) is 17.7. The molecule has 168 valence electrons. The SMILES string of the molecule is C[C@H](Nc1ncc(C#N)c(-c2cnc3c(C(F)F)cccn23)n1)c1cccc(NCCO)c1. The molecule has 0 fully saturated rings. The second-order valence-corrected chi connectivity index (χ2v) is 7.31. The lowest BCUT2D eigenvalue weighted by molar-refractivity contribution is 0.152. The van der Waals surface area contributed by atoms with E-state index in [2.05, 4.69) is 31.7 Å². The highest BCUT2D eigenvalue weighted by Crippen LogP contribution is 2.29. The zero-order valence-electron chi connectivity index (χ0n) is 17.7. The van der Waals surface area contributed by atoms with Gasteiger partial charge in [-0.2, -0.15) is 5.26 Å². The van der Waals surface area contributed by atoms with E-state index in [1.54, 1.807) is 6.20 Å². The van der Waals surface area contributed by atoms with Crippen LogP contribution in [0.4, 0.5) is 20.4 Å². The molecule has 0 unspecified atom stereocenters. The minimum absolute atomic E-state index is 0.0297. The lowest BCUT2D eigenvalue weighted by atomic mass is 10.1. The summed E-state index contributed by atoms with van der Waals surface area (Å²) in [6.07, 6.45) is 1.75. The molecule has 3 aromatic heterocycles. The maximum Gasteiger partial charge on any atom is 0.267 e. The van der Waals surface area contributed by atoms with Crippen LogP contribution in [0, 0.1) is 11.3 Å². The number of fused-ring (bicyclic) bond motifs is 1. The normalized spacial score (nSPS) is 12.0. The van der Waals surface area contributed by atoms with E-state index < -0.39 is 6.43 Å². The van der Waals surface area contributed by atoms with Crippen molar-refractivity contribution in [1.82, 2.24) is 19.4 Å². The van der Waals surface area contributed by atoms with Crippen LogP contribution in [0.1, 0.15) is 36.1 Å². The molecule has 4 aromatic rings. The standard InChI is InChI=1S/C23H21F2N7O/c1-14(15-4-2-5-17(10-15)27-7-9-33)30-23-29-12-16(11-26)20(31-23)19-13-28-22-18(21(24)25)6-3-8-32(19)22/h2-6,8,10,12-14,21,27,33H,7,9H2,1H3,(H,29,30,31)/t14-/m0/s1. The van der Waals surface area contributed by atoms with Crippen molar-refractivity contribution in [2.45, 2.75) is 19.4 Å². The summed E-state index contributed by atoms with van der Waals surface area (Å²) in [6, 6.07) is 12.4. The highest BCUT2D eigenvalue weighted by Gasteiger charge is 2.19. The average Bonchev–Trinajstić information content (AvgIpc) is 3.27. The minimum atomic E-state index is -2.68. The van der Waals surface area contributed by atoms with Crippen LogP contribution in [0.3, 0.4) is 0 Å². The molecule has 3 N–H and O–H groups in total. The van der Waals surface area contributed by atoms with E-state index in [1.165, 1.54) is 28.9 Å².